The van der Waals surface area contributed by atoms with Crippen LogP contribution in [0.4, 0.5) is 11.4 Å². The molecule has 0 unspecified atom stereocenters. The maximum atomic E-state index is 13.0. The van der Waals surface area contributed by atoms with E-state index in [1.54, 1.807) is 25.3 Å². The average Bonchev–Trinajstić information content (AvgIpc) is 2.89. The van der Waals surface area contributed by atoms with Gasteiger partial charge in [0.15, 0.2) is 0 Å². The summed E-state index contributed by atoms with van der Waals surface area (Å²) >= 11 is 6.62. The van der Waals surface area contributed by atoms with E-state index >= 15 is 0 Å². The van der Waals surface area contributed by atoms with Crippen LogP contribution >= 0.6 is 11.6 Å². The van der Waals surface area contributed by atoms with Crippen molar-refractivity contribution in [1.29, 1.82) is 0 Å². The molecule has 1 aliphatic heterocycles. The van der Waals surface area contributed by atoms with Crippen LogP contribution in [-0.2, 0) is 10.2 Å². The first-order valence-corrected chi connectivity index (χ1v) is 12.0. The fraction of sp³-hybridized carbons (Fsp3) is 0.286. The first-order chi connectivity index (χ1) is 16.8. The van der Waals surface area contributed by atoms with Gasteiger partial charge in [0.05, 0.1) is 28.8 Å². The number of piperazine rings is 1. The number of nitrogens with zero attached hydrogens (tertiary/aromatic N) is 2. The van der Waals surface area contributed by atoms with Crippen LogP contribution in [0.3, 0.4) is 0 Å². The van der Waals surface area contributed by atoms with E-state index in [2.05, 4.69) is 10.2 Å². The van der Waals surface area contributed by atoms with E-state index in [0.29, 0.717) is 48.2 Å². The number of rotatable bonds is 6. The van der Waals surface area contributed by atoms with Crippen LogP contribution < -0.4 is 15.0 Å². The summed E-state index contributed by atoms with van der Waals surface area (Å²) in [6.45, 7) is 6.29. The molecule has 7 heteroatoms. The van der Waals surface area contributed by atoms with Crippen molar-refractivity contribution in [3.05, 3.63) is 88.9 Å². The third-order valence-corrected chi connectivity index (χ3v) is 6.82. The van der Waals surface area contributed by atoms with Gasteiger partial charge in [0.25, 0.3) is 5.91 Å². The molecule has 0 atom stereocenters. The molecule has 0 saturated carbocycles. The van der Waals surface area contributed by atoms with E-state index in [1.807, 2.05) is 73.3 Å². The molecule has 0 aliphatic carbocycles. The first kappa shape index (κ1) is 24.6. The third kappa shape index (κ3) is 5.28. The molecule has 1 fully saturated rings. The molecular weight excluding hydrogens is 462 g/mol. The van der Waals surface area contributed by atoms with Gasteiger partial charge in [-0.05, 0) is 49.7 Å². The van der Waals surface area contributed by atoms with Gasteiger partial charge < -0.3 is 19.9 Å². The van der Waals surface area contributed by atoms with Crippen molar-refractivity contribution in [3.63, 3.8) is 0 Å². The number of hydrogen-bond donors (Lipinski definition) is 1. The molecule has 35 heavy (non-hydrogen) atoms. The van der Waals surface area contributed by atoms with E-state index in [0.717, 1.165) is 11.3 Å². The average molecular weight is 492 g/mol. The molecule has 0 aromatic heterocycles. The van der Waals surface area contributed by atoms with Crippen LogP contribution in [0.5, 0.6) is 5.75 Å². The van der Waals surface area contributed by atoms with Gasteiger partial charge in [-0.1, -0.05) is 54.1 Å². The lowest BCUT2D eigenvalue weighted by atomic mass is 9.83. The summed E-state index contributed by atoms with van der Waals surface area (Å²) in [5.74, 6) is 0.444. The summed E-state index contributed by atoms with van der Waals surface area (Å²) in [5.41, 5.74) is 2.37. The molecule has 1 heterocycles. The standard InChI is InChI=1S/C28H30ClN3O3/c1-28(2,20-9-5-4-6-10-20)27(34)30-21-13-14-24(23(29)19-21)31-15-17-32(18-16-31)26(33)22-11-7-8-12-25(22)35-3/h4-14,19H,15-18H2,1-3H3,(H,30,34). The Hall–Kier alpha value is -3.51. The Balaban J connectivity index is 1.40. The molecular formula is C28H30ClN3O3. The quantitative estimate of drug-likeness (QED) is 0.513. The fourth-order valence-electron chi connectivity index (χ4n) is 4.26. The largest absolute Gasteiger partial charge is 0.496 e. The number of halogens is 1. The van der Waals surface area contributed by atoms with Crippen LogP contribution in [0.15, 0.2) is 72.8 Å². The maximum absolute atomic E-state index is 13.0. The highest BCUT2D eigenvalue weighted by molar-refractivity contribution is 6.33. The summed E-state index contributed by atoms with van der Waals surface area (Å²) in [5, 5.41) is 3.56. The van der Waals surface area contributed by atoms with E-state index < -0.39 is 5.41 Å². The van der Waals surface area contributed by atoms with Crippen molar-refractivity contribution < 1.29 is 14.3 Å². The molecule has 4 rings (SSSR count). The van der Waals surface area contributed by atoms with Gasteiger partial charge in [0, 0.05) is 31.9 Å². The number of carbonyl (C=O) groups is 2. The normalized spacial score (nSPS) is 13.9. The second kappa shape index (κ2) is 10.4. The molecule has 0 radical (unpaired) electrons. The fourth-order valence-corrected chi connectivity index (χ4v) is 4.56. The third-order valence-electron chi connectivity index (χ3n) is 6.51. The van der Waals surface area contributed by atoms with Crippen molar-refractivity contribution in [3.8, 4) is 5.75 Å². The van der Waals surface area contributed by atoms with Crippen LogP contribution in [-0.4, -0.2) is 50.0 Å². The monoisotopic (exact) mass is 491 g/mol. The van der Waals surface area contributed by atoms with Crippen LogP contribution in [0.25, 0.3) is 0 Å². The predicted molar refractivity (Wildman–Crippen MR) is 141 cm³/mol. The molecule has 1 N–H and O–H groups in total. The lowest BCUT2D eigenvalue weighted by Gasteiger charge is -2.36. The van der Waals surface area contributed by atoms with Gasteiger partial charge >= 0.3 is 0 Å². The Kier molecular flexibility index (Phi) is 7.31. The zero-order valence-corrected chi connectivity index (χ0v) is 21.0. The molecule has 2 amide bonds. The Morgan fingerprint density at radius 2 is 1.57 bits per heavy atom. The minimum Gasteiger partial charge on any atom is -0.496 e. The molecule has 6 nitrogen and oxygen atoms in total. The first-order valence-electron chi connectivity index (χ1n) is 11.6. The number of amides is 2. The summed E-state index contributed by atoms with van der Waals surface area (Å²) in [6.07, 6.45) is 0. The molecule has 0 bridgehead atoms. The summed E-state index contributed by atoms with van der Waals surface area (Å²) in [6, 6.07) is 22.5. The second-order valence-electron chi connectivity index (χ2n) is 9.09. The number of hydrogen-bond acceptors (Lipinski definition) is 4. The minimum absolute atomic E-state index is 0.0349. The highest BCUT2D eigenvalue weighted by atomic mass is 35.5. The summed E-state index contributed by atoms with van der Waals surface area (Å²) < 4.78 is 5.34. The second-order valence-corrected chi connectivity index (χ2v) is 9.50. The van der Waals surface area contributed by atoms with Crippen molar-refractivity contribution in [2.24, 2.45) is 0 Å². The van der Waals surface area contributed by atoms with E-state index in [9.17, 15) is 9.59 Å². The van der Waals surface area contributed by atoms with Gasteiger partial charge in [0.1, 0.15) is 5.75 Å². The summed E-state index contributed by atoms with van der Waals surface area (Å²) in [4.78, 5) is 30.0. The predicted octanol–water partition coefficient (Wildman–Crippen LogP) is 5.23. The number of anilines is 2. The van der Waals surface area contributed by atoms with Crippen LogP contribution in [0, 0.1) is 0 Å². The number of ether oxygens (including phenoxy) is 1. The molecule has 182 valence electrons. The van der Waals surface area contributed by atoms with Crippen molar-refractivity contribution in [2.75, 3.05) is 43.5 Å². The molecule has 0 spiro atoms. The smallest absolute Gasteiger partial charge is 0.257 e. The molecule has 3 aromatic carbocycles. The Bertz CT molecular complexity index is 1210. The highest BCUT2D eigenvalue weighted by Crippen LogP contribution is 2.31. The van der Waals surface area contributed by atoms with Crippen LogP contribution in [0.2, 0.25) is 5.02 Å². The van der Waals surface area contributed by atoms with Crippen molar-refractivity contribution in [2.45, 2.75) is 19.3 Å². The van der Waals surface area contributed by atoms with Gasteiger partial charge in [-0.15, -0.1) is 0 Å². The van der Waals surface area contributed by atoms with Gasteiger partial charge in [-0.3, -0.25) is 9.59 Å². The Labute approximate surface area is 211 Å². The lowest BCUT2D eigenvalue weighted by molar-refractivity contribution is -0.120. The van der Waals surface area contributed by atoms with E-state index in [-0.39, 0.29) is 11.8 Å². The van der Waals surface area contributed by atoms with E-state index in [1.165, 1.54) is 0 Å². The number of para-hydroxylation sites is 1. The number of methoxy groups -OCH3 is 1. The van der Waals surface area contributed by atoms with E-state index in [4.69, 9.17) is 16.3 Å². The SMILES string of the molecule is COc1ccccc1C(=O)N1CCN(c2ccc(NC(=O)C(C)(C)c3ccccc3)cc2Cl)CC1. The zero-order valence-electron chi connectivity index (χ0n) is 20.3. The summed E-state index contributed by atoms with van der Waals surface area (Å²) in [7, 11) is 1.57. The Morgan fingerprint density at radius 3 is 2.23 bits per heavy atom. The molecule has 3 aromatic rings. The number of carbonyl (C=O) groups excluding carboxylic acids is 2. The van der Waals surface area contributed by atoms with Crippen LogP contribution in [0.1, 0.15) is 29.8 Å². The zero-order chi connectivity index (χ0) is 25.0. The minimum atomic E-state index is -0.684. The number of nitrogens with one attached hydrogen (secondary N) is 1. The highest BCUT2D eigenvalue weighted by Gasteiger charge is 2.30. The van der Waals surface area contributed by atoms with Gasteiger partial charge in [-0.2, -0.15) is 0 Å². The van der Waals surface area contributed by atoms with Gasteiger partial charge in [-0.25, -0.2) is 0 Å². The van der Waals surface area contributed by atoms with Gasteiger partial charge in [0.2, 0.25) is 5.91 Å². The number of benzene rings is 3. The maximum Gasteiger partial charge on any atom is 0.257 e. The van der Waals surface area contributed by atoms with Crippen molar-refractivity contribution in [1.82, 2.24) is 4.90 Å². The Morgan fingerprint density at radius 1 is 0.914 bits per heavy atom. The van der Waals surface area contributed by atoms with Crippen molar-refractivity contribution >= 4 is 34.8 Å². The molecule has 1 aliphatic rings. The lowest BCUT2D eigenvalue weighted by Crippen LogP contribution is -2.49. The topological polar surface area (TPSA) is 61.9 Å². The molecule has 1 saturated heterocycles.